The fourth-order valence-corrected chi connectivity index (χ4v) is 1.88. The van der Waals surface area contributed by atoms with Crippen molar-refractivity contribution in [3.05, 3.63) is 29.8 Å². The molecule has 0 radical (unpaired) electrons. The second kappa shape index (κ2) is 4.28. The summed E-state index contributed by atoms with van der Waals surface area (Å²) in [5, 5.41) is 11.6. The number of benzene rings is 1. The molecule has 2 rings (SSSR count). The Balaban J connectivity index is 1.86. The van der Waals surface area contributed by atoms with E-state index in [4.69, 9.17) is 5.26 Å². The van der Waals surface area contributed by atoms with Gasteiger partial charge in [0.15, 0.2) is 0 Å². The van der Waals surface area contributed by atoms with E-state index in [2.05, 4.69) is 5.32 Å². The Morgan fingerprint density at radius 2 is 1.76 bits per heavy atom. The number of nitrogens with one attached hydrogen (secondary N) is 1. The monoisotopic (exact) mass is 240 g/mol. The molecule has 1 aliphatic rings. The molecule has 0 spiro atoms. The van der Waals surface area contributed by atoms with Crippen LogP contribution in [0.2, 0.25) is 0 Å². The molecule has 1 aromatic rings. The highest BCUT2D eigenvalue weighted by molar-refractivity contribution is 5.48. The molecule has 0 saturated heterocycles. The van der Waals surface area contributed by atoms with Crippen molar-refractivity contribution in [1.82, 2.24) is 0 Å². The first-order chi connectivity index (χ1) is 7.99. The van der Waals surface area contributed by atoms with E-state index in [-0.39, 0.29) is 18.9 Å². The van der Waals surface area contributed by atoms with Gasteiger partial charge in [0.1, 0.15) is 0 Å². The van der Waals surface area contributed by atoms with Gasteiger partial charge in [0.2, 0.25) is 0 Å². The predicted molar refractivity (Wildman–Crippen MR) is 57.3 cm³/mol. The lowest BCUT2D eigenvalue weighted by molar-refractivity contribution is -0.195. The van der Waals surface area contributed by atoms with Gasteiger partial charge in [-0.3, -0.25) is 0 Å². The Bertz CT molecular complexity index is 425. The maximum atomic E-state index is 12.2. The summed E-state index contributed by atoms with van der Waals surface area (Å²) in [7, 11) is 0. The largest absolute Gasteiger partial charge is 0.391 e. The van der Waals surface area contributed by atoms with E-state index in [9.17, 15) is 13.2 Å². The van der Waals surface area contributed by atoms with Gasteiger partial charge in [0.25, 0.3) is 0 Å². The van der Waals surface area contributed by atoms with Crippen LogP contribution in [-0.4, -0.2) is 12.2 Å². The number of nitriles is 1. The third-order valence-corrected chi connectivity index (χ3v) is 2.99. The van der Waals surface area contributed by atoms with Crippen molar-refractivity contribution in [2.75, 3.05) is 5.32 Å². The third kappa shape index (κ3) is 2.70. The van der Waals surface area contributed by atoms with E-state index in [1.165, 1.54) is 0 Å². The zero-order valence-corrected chi connectivity index (χ0v) is 8.96. The highest BCUT2D eigenvalue weighted by Crippen LogP contribution is 2.42. The molecular formula is C12H11F3N2. The van der Waals surface area contributed by atoms with E-state index in [0.717, 1.165) is 5.69 Å². The Kier molecular flexibility index (Phi) is 2.97. The molecule has 0 aromatic heterocycles. The summed E-state index contributed by atoms with van der Waals surface area (Å²) in [6, 6.07) is 8.57. The van der Waals surface area contributed by atoms with Crippen molar-refractivity contribution < 1.29 is 13.2 Å². The number of nitrogens with zero attached hydrogens (tertiary/aromatic N) is 1. The van der Waals surface area contributed by atoms with Gasteiger partial charge < -0.3 is 5.32 Å². The standard InChI is InChI=1S/C12H11F3N2/c13-12(14,15)9-5-11(6-9)17-10-3-1-8(7-16)2-4-10/h1-4,9,11,17H,5-6H2/t9-,11+. The van der Waals surface area contributed by atoms with Crippen molar-refractivity contribution in [3.63, 3.8) is 0 Å². The fourth-order valence-electron chi connectivity index (χ4n) is 1.88. The lowest BCUT2D eigenvalue weighted by Crippen LogP contribution is -2.43. The minimum Gasteiger partial charge on any atom is -0.382 e. The first-order valence-electron chi connectivity index (χ1n) is 5.32. The average molecular weight is 240 g/mol. The van der Waals surface area contributed by atoms with Crippen LogP contribution in [0.4, 0.5) is 18.9 Å². The molecule has 1 N–H and O–H groups in total. The number of hydrogen-bond donors (Lipinski definition) is 1. The highest BCUT2D eigenvalue weighted by Gasteiger charge is 2.47. The van der Waals surface area contributed by atoms with Crippen LogP contribution in [0.1, 0.15) is 18.4 Å². The van der Waals surface area contributed by atoms with Crippen molar-refractivity contribution >= 4 is 5.69 Å². The van der Waals surface area contributed by atoms with E-state index < -0.39 is 12.1 Å². The van der Waals surface area contributed by atoms with Gasteiger partial charge in [-0.1, -0.05) is 0 Å². The minimum absolute atomic E-state index is 0.116. The number of hydrogen-bond acceptors (Lipinski definition) is 2. The molecule has 0 amide bonds. The third-order valence-electron chi connectivity index (χ3n) is 2.99. The zero-order valence-electron chi connectivity index (χ0n) is 8.96. The van der Waals surface area contributed by atoms with Crippen molar-refractivity contribution in [2.24, 2.45) is 5.92 Å². The van der Waals surface area contributed by atoms with Crippen LogP contribution < -0.4 is 5.32 Å². The lowest BCUT2D eigenvalue weighted by atomic mass is 9.79. The molecule has 17 heavy (non-hydrogen) atoms. The summed E-state index contributed by atoms with van der Waals surface area (Å²) in [6.07, 6.45) is -3.81. The number of halogens is 3. The molecule has 90 valence electrons. The molecule has 2 nitrogen and oxygen atoms in total. The molecule has 1 aliphatic carbocycles. The summed E-state index contributed by atoms with van der Waals surface area (Å²) in [6.45, 7) is 0. The number of alkyl halides is 3. The van der Waals surface area contributed by atoms with Gasteiger partial charge in [0, 0.05) is 11.7 Å². The summed E-state index contributed by atoms with van der Waals surface area (Å²) in [5.41, 5.74) is 1.30. The smallest absolute Gasteiger partial charge is 0.382 e. The van der Waals surface area contributed by atoms with Crippen LogP contribution in [0, 0.1) is 17.2 Å². The summed E-state index contributed by atoms with van der Waals surface area (Å²) < 4.78 is 36.7. The van der Waals surface area contributed by atoms with E-state index in [1.807, 2.05) is 6.07 Å². The van der Waals surface area contributed by atoms with Gasteiger partial charge in [-0.05, 0) is 37.1 Å². The Labute approximate surface area is 97.1 Å². The lowest BCUT2D eigenvalue weighted by Gasteiger charge is -2.37. The first kappa shape index (κ1) is 11.8. The summed E-state index contributed by atoms with van der Waals surface area (Å²) in [4.78, 5) is 0. The van der Waals surface area contributed by atoms with E-state index in [1.54, 1.807) is 24.3 Å². The summed E-state index contributed by atoms with van der Waals surface area (Å²) >= 11 is 0. The van der Waals surface area contributed by atoms with E-state index >= 15 is 0 Å². The van der Waals surface area contributed by atoms with Crippen LogP contribution in [0.15, 0.2) is 24.3 Å². The zero-order chi connectivity index (χ0) is 12.5. The molecule has 5 heteroatoms. The second-order valence-electron chi connectivity index (χ2n) is 4.24. The summed E-state index contributed by atoms with van der Waals surface area (Å²) in [5.74, 6) is -1.17. The average Bonchev–Trinajstić information content (AvgIpc) is 2.22. The van der Waals surface area contributed by atoms with Crippen molar-refractivity contribution in [2.45, 2.75) is 25.1 Å². The van der Waals surface area contributed by atoms with Gasteiger partial charge in [-0.25, -0.2) is 0 Å². The molecule has 1 fully saturated rings. The Morgan fingerprint density at radius 1 is 1.18 bits per heavy atom. The molecule has 1 saturated carbocycles. The Hall–Kier alpha value is -1.70. The van der Waals surface area contributed by atoms with Crippen LogP contribution in [0.3, 0.4) is 0 Å². The molecule has 0 atom stereocenters. The van der Waals surface area contributed by atoms with Crippen LogP contribution in [0.25, 0.3) is 0 Å². The maximum Gasteiger partial charge on any atom is 0.391 e. The molecule has 0 bridgehead atoms. The van der Waals surface area contributed by atoms with Crippen LogP contribution >= 0.6 is 0 Å². The normalized spacial score (nSPS) is 23.6. The van der Waals surface area contributed by atoms with Crippen LogP contribution in [0.5, 0.6) is 0 Å². The number of rotatable bonds is 2. The molecular weight excluding hydrogens is 229 g/mol. The minimum atomic E-state index is -4.07. The fraction of sp³-hybridized carbons (Fsp3) is 0.417. The van der Waals surface area contributed by atoms with Crippen molar-refractivity contribution in [3.8, 4) is 6.07 Å². The second-order valence-corrected chi connectivity index (χ2v) is 4.24. The van der Waals surface area contributed by atoms with E-state index in [0.29, 0.717) is 5.56 Å². The van der Waals surface area contributed by atoms with Crippen molar-refractivity contribution in [1.29, 1.82) is 5.26 Å². The van der Waals surface area contributed by atoms with Crippen LogP contribution in [-0.2, 0) is 0 Å². The van der Waals surface area contributed by atoms with Gasteiger partial charge in [0.05, 0.1) is 17.6 Å². The van der Waals surface area contributed by atoms with Gasteiger partial charge in [-0.2, -0.15) is 18.4 Å². The quantitative estimate of drug-likeness (QED) is 0.860. The van der Waals surface area contributed by atoms with Gasteiger partial charge >= 0.3 is 6.18 Å². The molecule has 1 aromatic carbocycles. The first-order valence-corrected chi connectivity index (χ1v) is 5.32. The highest BCUT2D eigenvalue weighted by atomic mass is 19.4. The topological polar surface area (TPSA) is 35.8 Å². The number of anilines is 1. The predicted octanol–water partition coefficient (Wildman–Crippen LogP) is 3.31. The molecule has 0 heterocycles. The van der Waals surface area contributed by atoms with Gasteiger partial charge in [-0.15, -0.1) is 0 Å². The SMILES string of the molecule is N#Cc1ccc(N[C@H]2C[C@@H](C(F)(F)F)C2)cc1. The Morgan fingerprint density at radius 3 is 2.24 bits per heavy atom. The maximum absolute atomic E-state index is 12.2. The molecule has 0 aliphatic heterocycles. The molecule has 0 unspecified atom stereocenters.